The van der Waals surface area contributed by atoms with Gasteiger partial charge in [-0.25, -0.2) is 4.79 Å². The van der Waals surface area contributed by atoms with Crippen molar-refractivity contribution in [3.8, 4) is 0 Å². The lowest BCUT2D eigenvalue weighted by Gasteiger charge is -2.24. The topological polar surface area (TPSA) is 69.6 Å². The van der Waals surface area contributed by atoms with Crippen LogP contribution in [0.4, 0.5) is 18.0 Å². The van der Waals surface area contributed by atoms with E-state index in [4.69, 9.17) is 0 Å². The van der Waals surface area contributed by atoms with Crippen LogP contribution in [0.2, 0.25) is 0 Å². The summed E-state index contributed by atoms with van der Waals surface area (Å²) in [4.78, 5) is 25.3. The van der Waals surface area contributed by atoms with Gasteiger partial charge >= 0.3 is 12.2 Å². The summed E-state index contributed by atoms with van der Waals surface area (Å²) in [6.07, 6.45) is -5.14. The molecule has 0 unspecified atom stereocenters. The number of nitrogens with one attached hydrogen (secondary N) is 1. The van der Waals surface area contributed by atoms with Crippen LogP contribution in [-0.4, -0.2) is 34.0 Å². The molecule has 24 heavy (non-hydrogen) atoms. The van der Waals surface area contributed by atoms with E-state index in [0.29, 0.717) is 12.8 Å². The summed E-state index contributed by atoms with van der Waals surface area (Å²) in [5.41, 5.74) is -1.91. The van der Waals surface area contributed by atoms with E-state index in [2.05, 4.69) is 5.32 Å². The first-order chi connectivity index (χ1) is 11.1. The molecule has 1 heterocycles. The van der Waals surface area contributed by atoms with Crippen molar-refractivity contribution in [1.82, 2.24) is 10.2 Å². The molecule has 1 saturated heterocycles. The maximum atomic E-state index is 12.7. The van der Waals surface area contributed by atoms with Gasteiger partial charge in [-0.3, -0.25) is 9.69 Å². The van der Waals surface area contributed by atoms with E-state index < -0.39 is 41.9 Å². The molecule has 1 aliphatic rings. The quantitative estimate of drug-likeness (QED) is 0.807. The second-order valence-corrected chi connectivity index (χ2v) is 5.77. The predicted molar refractivity (Wildman–Crippen MR) is 80.0 cm³/mol. The van der Waals surface area contributed by atoms with Gasteiger partial charge in [0, 0.05) is 0 Å². The third-order valence-electron chi connectivity index (χ3n) is 4.41. The van der Waals surface area contributed by atoms with E-state index in [-0.39, 0.29) is 5.56 Å². The maximum Gasteiger partial charge on any atom is 0.416 e. The van der Waals surface area contributed by atoms with Gasteiger partial charge in [-0.2, -0.15) is 13.2 Å². The average molecular weight is 344 g/mol. The Labute approximate surface area is 137 Å². The van der Waals surface area contributed by atoms with E-state index in [9.17, 15) is 27.9 Å². The number of urea groups is 1. The van der Waals surface area contributed by atoms with Crippen LogP contribution < -0.4 is 5.32 Å². The number of benzene rings is 1. The van der Waals surface area contributed by atoms with Crippen molar-refractivity contribution in [2.24, 2.45) is 0 Å². The van der Waals surface area contributed by atoms with Crippen LogP contribution in [0, 0.1) is 0 Å². The molecule has 0 bridgehead atoms. The van der Waals surface area contributed by atoms with Crippen LogP contribution in [0.3, 0.4) is 0 Å². The molecule has 1 aromatic rings. The lowest BCUT2D eigenvalue weighted by molar-refractivity contribution is -0.138. The van der Waals surface area contributed by atoms with Gasteiger partial charge in [-0.1, -0.05) is 26.0 Å². The minimum Gasteiger partial charge on any atom is -0.387 e. The molecule has 2 N–H and O–H groups in total. The number of hydrogen-bond donors (Lipinski definition) is 2. The summed E-state index contributed by atoms with van der Waals surface area (Å²) in [6.45, 7) is 3.12. The van der Waals surface area contributed by atoms with E-state index in [1.54, 1.807) is 13.8 Å². The average Bonchev–Trinajstić information content (AvgIpc) is 2.78. The second-order valence-electron chi connectivity index (χ2n) is 5.77. The third-order valence-corrected chi connectivity index (χ3v) is 4.41. The van der Waals surface area contributed by atoms with Crippen molar-refractivity contribution in [3.05, 3.63) is 35.4 Å². The maximum absolute atomic E-state index is 12.7. The minimum absolute atomic E-state index is 0.00378. The number of carbonyl (C=O) groups excluding carboxylic acids is 2. The van der Waals surface area contributed by atoms with Crippen LogP contribution >= 0.6 is 0 Å². The normalized spacial score (nSPS) is 18.7. The zero-order valence-electron chi connectivity index (χ0n) is 13.4. The molecule has 1 aliphatic heterocycles. The molecule has 3 amide bonds. The van der Waals surface area contributed by atoms with Crippen molar-refractivity contribution in [2.45, 2.75) is 44.5 Å². The number of nitrogens with zero attached hydrogens (tertiary/aromatic N) is 1. The Balaban J connectivity index is 2.20. The number of carbonyl (C=O) groups is 2. The number of rotatable bonds is 5. The van der Waals surface area contributed by atoms with Gasteiger partial charge in [-0.15, -0.1) is 0 Å². The Hall–Kier alpha value is -2.09. The molecule has 0 spiro atoms. The number of alkyl halides is 3. The van der Waals surface area contributed by atoms with E-state index in [1.165, 1.54) is 12.1 Å². The molecule has 5 nitrogen and oxygen atoms in total. The molecular formula is C16H19F3N2O3. The fourth-order valence-electron chi connectivity index (χ4n) is 2.77. The summed E-state index contributed by atoms with van der Waals surface area (Å²) in [5, 5.41) is 12.8. The number of amides is 3. The van der Waals surface area contributed by atoms with Gasteiger partial charge in [0.1, 0.15) is 5.54 Å². The highest BCUT2D eigenvalue weighted by molar-refractivity contribution is 6.07. The number of β-amino-alcohol motifs (C(OH)–C–C–N with tert-alkyl or cyclic N) is 1. The molecular weight excluding hydrogens is 325 g/mol. The Morgan fingerprint density at radius 3 is 2.38 bits per heavy atom. The molecule has 132 valence electrons. The summed E-state index contributed by atoms with van der Waals surface area (Å²) in [6, 6.07) is 3.56. The number of aliphatic hydroxyl groups is 1. The second kappa shape index (κ2) is 6.43. The lowest BCUT2D eigenvalue weighted by Crippen LogP contribution is -2.46. The fourth-order valence-corrected chi connectivity index (χ4v) is 2.77. The van der Waals surface area contributed by atoms with Gasteiger partial charge in [0.2, 0.25) is 0 Å². The van der Waals surface area contributed by atoms with E-state index >= 15 is 0 Å². The molecule has 0 radical (unpaired) electrons. The monoisotopic (exact) mass is 344 g/mol. The molecule has 0 aliphatic carbocycles. The predicted octanol–water partition coefficient (Wildman–Crippen LogP) is 2.85. The molecule has 8 heteroatoms. The Morgan fingerprint density at radius 1 is 1.25 bits per heavy atom. The molecule has 2 rings (SSSR count). The first-order valence-electron chi connectivity index (χ1n) is 7.64. The molecule has 1 fully saturated rings. The minimum atomic E-state index is -4.53. The van der Waals surface area contributed by atoms with Crippen LogP contribution in [0.25, 0.3) is 0 Å². The van der Waals surface area contributed by atoms with Crippen LogP contribution in [0.1, 0.15) is 43.9 Å². The Bertz CT molecular complexity index is 642. The summed E-state index contributed by atoms with van der Waals surface area (Å²) >= 11 is 0. The number of imide groups is 1. The lowest BCUT2D eigenvalue weighted by atomic mass is 9.93. The summed E-state index contributed by atoms with van der Waals surface area (Å²) in [7, 11) is 0. The highest BCUT2D eigenvalue weighted by Gasteiger charge is 2.49. The van der Waals surface area contributed by atoms with Gasteiger partial charge in [0.05, 0.1) is 18.2 Å². The van der Waals surface area contributed by atoms with Crippen molar-refractivity contribution in [1.29, 1.82) is 0 Å². The highest BCUT2D eigenvalue weighted by Crippen LogP contribution is 2.32. The first kappa shape index (κ1) is 18.3. The molecule has 0 saturated carbocycles. The van der Waals surface area contributed by atoms with Crippen LogP contribution in [0.15, 0.2) is 24.3 Å². The zero-order valence-corrected chi connectivity index (χ0v) is 13.4. The standard InChI is InChI=1S/C16H19F3N2O3/c1-3-15(4-2)13(23)21(14(24)20-15)9-12(22)10-6-5-7-11(8-10)16(17,18)19/h5-8,12,22H,3-4,9H2,1-2H3,(H,20,24)/t12-/m0/s1. The van der Waals surface area contributed by atoms with Gasteiger partial charge < -0.3 is 10.4 Å². The summed E-state index contributed by atoms with van der Waals surface area (Å²) < 4.78 is 38.2. The van der Waals surface area contributed by atoms with E-state index in [1.807, 2.05) is 0 Å². The van der Waals surface area contributed by atoms with Crippen molar-refractivity contribution >= 4 is 11.9 Å². The highest BCUT2D eigenvalue weighted by atomic mass is 19.4. The smallest absolute Gasteiger partial charge is 0.387 e. The van der Waals surface area contributed by atoms with Crippen LogP contribution in [-0.2, 0) is 11.0 Å². The SMILES string of the molecule is CCC1(CC)NC(=O)N(C[C@H](O)c2cccc(C(F)(F)F)c2)C1=O. The van der Waals surface area contributed by atoms with E-state index in [0.717, 1.165) is 17.0 Å². The Kier molecular flexibility index (Phi) is 4.89. The Morgan fingerprint density at radius 2 is 1.88 bits per heavy atom. The van der Waals surface area contributed by atoms with Crippen molar-refractivity contribution in [2.75, 3.05) is 6.54 Å². The van der Waals surface area contributed by atoms with Crippen LogP contribution in [0.5, 0.6) is 0 Å². The van der Waals surface area contributed by atoms with Gasteiger partial charge in [-0.05, 0) is 30.5 Å². The zero-order chi connectivity index (χ0) is 18.1. The number of aliphatic hydroxyl groups excluding tert-OH is 1. The fraction of sp³-hybridized carbons (Fsp3) is 0.500. The third kappa shape index (κ3) is 3.24. The summed E-state index contributed by atoms with van der Waals surface area (Å²) in [5.74, 6) is -0.469. The van der Waals surface area contributed by atoms with Crippen molar-refractivity contribution < 1.29 is 27.9 Å². The van der Waals surface area contributed by atoms with Crippen molar-refractivity contribution in [3.63, 3.8) is 0 Å². The largest absolute Gasteiger partial charge is 0.416 e. The molecule has 1 atom stereocenters. The van der Waals surface area contributed by atoms with Gasteiger partial charge in [0.15, 0.2) is 0 Å². The molecule has 0 aromatic heterocycles. The number of hydrogen-bond acceptors (Lipinski definition) is 3. The molecule has 1 aromatic carbocycles. The number of halogens is 3. The first-order valence-corrected chi connectivity index (χ1v) is 7.64. The van der Waals surface area contributed by atoms with Gasteiger partial charge in [0.25, 0.3) is 5.91 Å².